The number of methoxy groups -OCH3 is 1. The van der Waals surface area contributed by atoms with E-state index in [0.29, 0.717) is 5.41 Å². The van der Waals surface area contributed by atoms with Crippen LogP contribution in [0.25, 0.3) is 0 Å². The molecule has 0 saturated heterocycles. The van der Waals surface area contributed by atoms with Gasteiger partial charge in [-0.05, 0) is 111 Å². The minimum atomic E-state index is -0.166. The maximum Gasteiger partial charge on any atom is 0.237 e. The summed E-state index contributed by atoms with van der Waals surface area (Å²) >= 11 is 1.56. The van der Waals surface area contributed by atoms with E-state index in [-0.39, 0.29) is 11.2 Å². The second-order valence-corrected chi connectivity index (χ2v) is 11.1. The van der Waals surface area contributed by atoms with Gasteiger partial charge in [0, 0.05) is 10.6 Å². The van der Waals surface area contributed by atoms with E-state index in [9.17, 15) is 4.79 Å². The summed E-state index contributed by atoms with van der Waals surface area (Å²) in [5, 5.41) is 2.94. The van der Waals surface area contributed by atoms with Gasteiger partial charge in [-0.3, -0.25) is 4.79 Å². The minimum absolute atomic E-state index is 0.0402. The predicted octanol–water partition coefficient (Wildman–Crippen LogP) is 6.28. The van der Waals surface area contributed by atoms with Gasteiger partial charge in [-0.2, -0.15) is 0 Å². The standard InChI is InChI=1S/C26H31NO2S/c1-17(30-24-9-7-23(29-2)8-10-24)25(28)27-22-5-3-21(4-6-22)26-14-18-11-19(15-26)13-20(12-18)16-26/h3-10,17-20H,11-16H2,1-2H3,(H,27,28)/t17-,18?,19?,20?,26?/m0/s1. The number of carbonyl (C=O) groups excluding carboxylic acids is 1. The molecule has 4 aliphatic rings. The number of benzene rings is 2. The Balaban J connectivity index is 1.22. The van der Waals surface area contributed by atoms with Crippen LogP contribution in [-0.2, 0) is 10.2 Å². The fourth-order valence-corrected chi connectivity index (χ4v) is 7.39. The molecule has 1 atom stereocenters. The molecular weight excluding hydrogens is 390 g/mol. The van der Waals surface area contributed by atoms with Crippen LogP contribution < -0.4 is 10.1 Å². The Kier molecular flexibility index (Phi) is 5.30. The van der Waals surface area contributed by atoms with Crippen molar-refractivity contribution in [2.45, 2.75) is 61.0 Å². The van der Waals surface area contributed by atoms with Gasteiger partial charge in [0.15, 0.2) is 0 Å². The van der Waals surface area contributed by atoms with E-state index in [1.807, 2.05) is 31.2 Å². The molecule has 4 bridgehead atoms. The molecular formula is C26H31NO2S. The first-order chi connectivity index (χ1) is 14.5. The topological polar surface area (TPSA) is 38.3 Å². The van der Waals surface area contributed by atoms with Gasteiger partial charge in [0.1, 0.15) is 5.75 Å². The Morgan fingerprint density at radius 3 is 2.07 bits per heavy atom. The third-order valence-corrected chi connectivity index (χ3v) is 8.66. The van der Waals surface area contributed by atoms with E-state index in [2.05, 4.69) is 29.6 Å². The van der Waals surface area contributed by atoms with Crippen LogP contribution in [0.1, 0.15) is 51.0 Å². The predicted molar refractivity (Wildman–Crippen MR) is 123 cm³/mol. The van der Waals surface area contributed by atoms with Gasteiger partial charge in [-0.1, -0.05) is 12.1 Å². The summed E-state index contributed by atoms with van der Waals surface area (Å²) < 4.78 is 5.20. The van der Waals surface area contributed by atoms with Crippen LogP contribution in [0.3, 0.4) is 0 Å². The first-order valence-electron chi connectivity index (χ1n) is 11.2. The van der Waals surface area contributed by atoms with E-state index in [0.717, 1.165) is 34.1 Å². The van der Waals surface area contributed by atoms with Gasteiger partial charge in [0.05, 0.1) is 12.4 Å². The van der Waals surface area contributed by atoms with Crippen molar-refractivity contribution in [1.82, 2.24) is 0 Å². The lowest BCUT2D eigenvalue weighted by Crippen LogP contribution is -2.48. The Bertz CT molecular complexity index is 870. The van der Waals surface area contributed by atoms with Crippen molar-refractivity contribution in [3.63, 3.8) is 0 Å². The van der Waals surface area contributed by atoms with Crippen LogP contribution in [0.15, 0.2) is 53.4 Å². The Labute approximate surface area is 184 Å². The molecule has 158 valence electrons. The second-order valence-electron chi connectivity index (χ2n) is 9.70. The number of nitrogens with one attached hydrogen (secondary N) is 1. The van der Waals surface area contributed by atoms with E-state index < -0.39 is 0 Å². The summed E-state index contributed by atoms with van der Waals surface area (Å²) in [6, 6.07) is 16.6. The Morgan fingerprint density at radius 1 is 0.967 bits per heavy atom. The van der Waals surface area contributed by atoms with Crippen molar-refractivity contribution in [2.75, 3.05) is 12.4 Å². The number of hydrogen-bond acceptors (Lipinski definition) is 3. The molecule has 6 rings (SSSR count). The Hall–Kier alpha value is -1.94. The highest BCUT2D eigenvalue weighted by molar-refractivity contribution is 8.00. The second kappa shape index (κ2) is 7.96. The van der Waals surface area contributed by atoms with Crippen LogP contribution >= 0.6 is 11.8 Å². The summed E-state index contributed by atoms with van der Waals surface area (Å²) in [4.78, 5) is 13.8. The van der Waals surface area contributed by atoms with Crippen molar-refractivity contribution < 1.29 is 9.53 Å². The van der Waals surface area contributed by atoms with Crippen molar-refractivity contribution in [3.8, 4) is 5.75 Å². The molecule has 2 aromatic carbocycles. The van der Waals surface area contributed by atoms with Gasteiger partial charge in [0.25, 0.3) is 0 Å². The van der Waals surface area contributed by atoms with E-state index in [4.69, 9.17) is 4.74 Å². The first-order valence-corrected chi connectivity index (χ1v) is 12.1. The van der Waals surface area contributed by atoms with Crippen molar-refractivity contribution in [1.29, 1.82) is 0 Å². The number of ether oxygens (including phenoxy) is 1. The van der Waals surface area contributed by atoms with Crippen LogP contribution in [0.5, 0.6) is 5.75 Å². The lowest BCUT2D eigenvalue weighted by atomic mass is 9.48. The molecule has 0 aromatic heterocycles. The highest BCUT2D eigenvalue weighted by Gasteiger charge is 2.51. The molecule has 4 saturated carbocycles. The van der Waals surface area contributed by atoms with Crippen molar-refractivity contribution in [3.05, 3.63) is 54.1 Å². The number of carbonyl (C=O) groups is 1. The monoisotopic (exact) mass is 421 g/mol. The smallest absolute Gasteiger partial charge is 0.237 e. The highest BCUT2D eigenvalue weighted by Crippen LogP contribution is 2.60. The molecule has 0 heterocycles. The number of amides is 1. The molecule has 0 unspecified atom stereocenters. The normalized spacial score (nSPS) is 30.1. The van der Waals surface area contributed by atoms with Gasteiger partial charge in [0.2, 0.25) is 5.91 Å². The third-order valence-electron chi connectivity index (χ3n) is 7.54. The minimum Gasteiger partial charge on any atom is -0.497 e. The van der Waals surface area contributed by atoms with Gasteiger partial charge >= 0.3 is 0 Å². The van der Waals surface area contributed by atoms with Gasteiger partial charge in [-0.25, -0.2) is 0 Å². The van der Waals surface area contributed by atoms with E-state index in [1.165, 1.54) is 44.1 Å². The van der Waals surface area contributed by atoms with Gasteiger partial charge < -0.3 is 10.1 Å². The fourth-order valence-electron chi connectivity index (χ4n) is 6.53. The number of rotatable bonds is 6. The van der Waals surface area contributed by atoms with Crippen molar-refractivity contribution >= 4 is 23.4 Å². The average Bonchev–Trinajstić information content (AvgIpc) is 2.74. The molecule has 4 fully saturated rings. The van der Waals surface area contributed by atoms with Crippen LogP contribution in [0.4, 0.5) is 5.69 Å². The molecule has 0 spiro atoms. The molecule has 3 nitrogen and oxygen atoms in total. The maximum absolute atomic E-state index is 12.7. The highest BCUT2D eigenvalue weighted by atomic mass is 32.2. The summed E-state index contributed by atoms with van der Waals surface area (Å²) in [5.74, 6) is 3.72. The summed E-state index contributed by atoms with van der Waals surface area (Å²) in [6.45, 7) is 1.95. The van der Waals surface area contributed by atoms with Crippen molar-refractivity contribution in [2.24, 2.45) is 17.8 Å². The molecule has 1 amide bonds. The van der Waals surface area contributed by atoms with Crippen LogP contribution in [0.2, 0.25) is 0 Å². The third kappa shape index (κ3) is 3.87. The Morgan fingerprint density at radius 2 is 1.53 bits per heavy atom. The molecule has 30 heavy (non-hydrogen) atoms. The zero-order valence-electron chi connectivity index (χ0n) is 17.9. The largest absolute Gasteiger partial charge is 0.497 e. The molecule has 0 aliphatic heterocycles. The van der Waals surface area contributed by atoms with E-state index >= 15 is 0 Å². The lowest BCUT2D eigenvalue weighted by Gasteiger charge is -2.57. The number of hydrogen-bond donors (Lipinski definition) is 1. The molecule has 0 radical (unpaired) electrons. The van der Waals surface area contributed by atoms with Crippen LogP contribution in [-0.4, -0.2) is 18.3 Å². The first kappa shape index (κ1) is 20.0. The zero-order chi connectivity index (χ0) is 20.7. The van der Waals surface area contributed by atoms with Gasteiger partial charge in [-0.15, -0.1) is 11.8 Å². The summed E-state index contributed by atoms with van der Waals surface area (Å²) in [5.41, 5.74) is 2.81. The average molecular weight is 422 g/mol. The summed E-state index contributed by atoms with van der Waals surface area (Å²) in [7, 11) is 1.66. The number of thioether (sulfide) groups is 1. The molecule has 2 aromatic rings. The molecule has 4 aliphatic carbocycles. The zero-order valence-corrected chi connectivity index (χ0v) is 18.7. The lowest BCUT2D eigenvalue weighted by molar-refractivity contribution is -0.115. The maximum atomic E-state index is 12.7. The van der Waals surface area contributed by atoms with E-state index in [1.54, 1.807) is 18.9 Å². The fraction of sp³-hybridized carbons (Fsp3) is 0.500. The molecule has 1 N–H and O–H groups in total. The summed E-state index contributed by atoms with van der Waals surface area (Å²) in [6.07, 6.45) is 8.53. The number of anilines is 1. The molecule has 4 heteroatoms. The van der Waals surface area contributed by atoms with Crippen LogP contribution in [0, 0.1) is 17.8 Å². The quantitative estimate of drug-likeness (QED) is 0.558. The SMILES string of the molecule is COc1ccc(S[C@@H](C)C(=O)Nc2ccc(C34CC5CC(CC(C5)C3)C4)cc2)cc1.